The van der Waals surface area contributed by atoms with Crippen LogP contribution in [0.25, 0.3) is 0 Å². The van der Waals surface area contributed by atoms with Crippen LogP contribution in [0.15, 0.2) is 0 Å². The minimum Gasteiger partial charge on any atom is -0.316 e. The molecule has 0 saturated carbocycles. The maximum Gasteiger partial charge on any atom is 0.0218 e. The van der Waals surface area contributed by atoms with Gasteiger partial charge in [0.25, 0.3) is 0 Å². The molecule has 1 aliphatic rings. The lowest BCUT2D eigenvalue weighted by Gasteiger charge is -2.28. The molecule has 0 amide bonds. The van der Waals surface area contributed by atoms with Gasteiger partial charge in [0.05, 0.1) is 0 Å². The van der Waals surface area contributed by atoms with Crippen molar-refractivity contribution in [1.29, 1.82) is 0 Å². The smallest absolute Gasteiger partial charge is 0.0218 e. The molecule has 0 aromatic rings. The van der Waals surface area contributed by atoms with E-state index in [1.54, 1.807) is 0 Å². The molecule has 1 heterocycles. The van der Waals surface area contributed by atoms with Crippen molar-refractivity contribution >= 4 is 0 Å². The van der Waals surface area contributed by atoms with Crippen molar-refractivity contribution in [3.8, 4) is 0 Å². The minimum absolute atomic E-state index is 0.625. The first-order valence-electron chi connectivity index (χ1n) is 4.25. The number of likely N-dealkylation sites (N-methyl/N-ethyl adjacent to an activating group) is 1. The zero-order chi connectivity index (χ0) is 7.40. The summed E-state index contributed by atoms with van der Waals surface area (Å²) in [5.74, 6) is 0. The first-order valence-corrected chi connectivity index (χ1v) is 4.25. The molecule has 0 bridgehead atoms. The molecule has 0 spiro atoms. The van der Waals surface area contributed by atoms with Crippen molar-refractivity contribution in [2.75, 3.05) is 13.6 Å². The van der Waals surface area contributed by atoms with E-state index in [1.807, 2.05) is 7.05 Å². The summed E-state index contributed by atoms with van der Waals surface area (Å²) in [6, 6.07) is 1.33. The Hall–Kier alpha value is -0.0800. The standard InChI is InChI=1S/C8H18N2/c1-7(9-2)8-5-3-4-6-10-8/h7-10H,3-6H2,1-2H3/t7?,8-/m0/s1. The molecule has 1 unspecified atom stereocenters. The number of rotatable bonds is 2. The molecule has 0 aromatic carbocycles. The van der Waals surface area contributed by atoms with Crippen LogP contribution < -0.4 is 10.6 Å². The average Bonchev–Trinajstić information content (AvgIpc) is 2.05. The third-order valence-electron chi connectivity index (χ3n) is 2.41. The van der Waals surface area contributed by atoms with Gasteiger partial charge in [-0.2, -0.15) is 0 Å². The third kappa shape index (κ3) is 1.96. The normalized spacial score (nSPS) is 30.0. The number of hydrogen-bond acceptors (Lipinski definition) is 2. The van der Waals surface area contributed by atoms with Crippen LogP contribution in [0.3, 0.4) is 0 Å². The summed E-state index contributed by atoms with van der Waals surface area (Å²) >= 11 is 0. The Balaban J connectivity index is 2.24. The number of piperidine rings is 1. The molecular weight excluding hydrogens is 124 g/mol. The molecule has 0 radical (unpaired) electrons. The lowest BCUT2D eigenvalue weighted by atomic mass is 9.99. The molecule has 1 aliphatic heterocycles. The van der Waals surface area contributed by atoms with Gasteiger partial charge in [-0.15, -0.1) is 0 Å². The zero-order valence-corrected chi connectivity index (χ0v) is 6.98. The summed E-state index contributed by atoms with van der Waals surface area (Å²) in [5.41, 5.74) is 0. The highest BCUT2D eigenvalue weighted by molar-refractivity contribution is 4.80. The van der Waals surface area contributed by atoms with Gasteiger partial charge in [-0.1, -0.05) is 6.42 Å². The van der Waals surface area contributed by atoms with Gasteiger partial charge in [-0.05, 0) is 33.4 Å². The van der Waals surface area contributed by atoms with Crippen LogP contribution >= 0.6 is 0 Å². The van der Waals surface area contributed by atoms with E-state index in [9.17, 15) is 0 Å². The van der Waals surface area contributed by atoms with E-state index in [1.165, 1.54) is 25.8 Å². The largest absolute Gasteiger partial charge is 0.316 e. The fourth-order valence-electron chi connectivity index (χ4n) is 1.51. The lowest BCUT2D eigenvalue weighted by Crippen LogP contribution is -2.47. The topological polar surface area (TPSA) is 24.1 Å². The molecular formula is C8H18N2. The first-order chi connectivity index (χ1) is 4.84. The second-order valence-corrected chi connectivity index (χ2v) is 3.13. The quantitative estimate of drug-likeness (QED) is 0.594. The molecule has 2 heteroatoms. The zero-order valence-electron chi connectivity index (χ0n) is 6.98. The Morgan fingerprint density at radius 3 is 2.80 bits per heavy atom. The van der Waals surface area contributed by atoms with E-state index in [0.29, 0.717) is 12.1 Å². The second kappa shape index (κ2) is 3.94. The maximum absolute atomic E-state index is 3.51. The van der Waals surface area contributed by atoms with Gasteiger partial charge >= 0.3 is 0 Å². The summed E-state index contributed by atoms with van der Waals surface area (Å²) in [6.45, 7) is 3.44. The summed E-state index contributed by atoms with van der Waals surface area (Å²) in [7, 11) is 2.03. The predicted octanol–water partition coefficient (Wildman–Crippen LogP) is 0.736. The van der Waals surface area contributed by atoms with Crippen molar-refractivity contribution in [2.45, 2.75) is 38.3 Å². The van der Waals surface area contributed by atoms with Gasteiger partial charge in [0, 0.05) is 12.1 Å². The van der Waals surface area contributed by atoms with E-state index >= 15 is 0 Å². The SMILES string of the molecule is CNC(C)[C@@H]1CCCCN1. The van der Waals surface area contributed by atoms with Crippen LogP contribution in [0.1, 0.15) is 26.2 Å². The fourth-order valence-corrected chi connectivity index (χ4v) is 1.51. The summed E-state index contributed by atoms with van der Waals surface area (Å²) < 4.78 is 0. The van der Waals surface area contributed by atoms with Crippen LogP contribution in [-0.4, -0.2) is 25.7 Å². The lowest BCUT2D eigenvalue weighted by molar-refractivity contribution is 0.336. The van der Waals surface area contributed by atoms with Crippen LogP contribution in [0.5, 0.6) is 0 Å². The molecule has 1 rings (SSSR count). The molecule has 1 saturated heterocycles. The summed E-state index contributed by atoms with van der Waals surface area (Å²) in [5, 5.41) is 6.78. The molecule has 0 aliphatic carbocycles. The van der Waals surface area contributed by atoms with Gasteiger partial charge in [-0.25, -0.2) is 0 Å². The van der Waals surface area contributed by atoms with E-state index in [0.717, 1.165) is 0 Å². The van der Waals surface area contributed by atoms with Gasteiger partial charge < -0.3 is 10.6 Å². The van der Waals surface area contributed by atoms with Crippen LogP contribution in [-0.2, 0) is 0 Å². The monoisotopic (exact) mass is 142 g/mol. The minimum atomic E-state index is 0.625. The highest BCUT2D eigenvalue weighted by Crippen LogP contribution is 2.09. The molecule has 2 N–H and O–H groups in total. The van der Waals surface area contributed by atoms with E-state index in [4.69, 9.17) is 0 Å². The highest BCUT2D eigenvalue weighted by Gasteiger charge is 2.16. The van der Waals surface area contributed by atoms with Gasteiger partial charge in [-0.3, -0.25) is 0 Å². The fraction of sp³-hybridized carbons (Fsp3) is 1.00. The Bertz CT molecular complexity index is 87.3. The Kier molecular flexibility index (Phi) is 3.16. The van der Waals surface area contributed by atoms with Crippen molar-refractivity contribution < 1.29 is 0 Å². The Labute approximate surface area is 63.4 Å². The van der Waals surface area contributed by atoms with Crippen molar-refractivity contribution in [1.82, 2.24) is 10.6 Å². The second-order valence-electron chi connectivity index (χ2n) is 3.13. The van der Waals surface area contributed by atoms with Crippen LogP contribution in [0.4, 0.5) is 0 Å². The van der Waals surface area contributed by atoms with Gasteiger partial charge in [0.15, 0.2) is 0 Å². The predicted molar refractivity (Wildman–Crippen MR) is 44.2 cm³/mol. The molecule has 2 nitrogen and oxygen atoms in total. The molecule has 60 valence electrons. The van der Waals surface area contributed by atoms with E-state index in [2.05, 4.69) is 17.6 Å². The van der Waals surface area contributed by atoms with Crippen LogP contribution in [0, 0.1) is 0 Å². The van der Waals surface area contributed by atoms with Gasteiger partial charge in [0.2, 0.25) is 0 Å². The maximum atomic E-state index is 3.51. The molecule has 2 atom stereocenters. The van der Waals surface area contributed by atoms with Gasteiger partial charge in [0.1, 0.15) is 0 Å². The number of nitrogens with one attached hydrogen (secondary N) is 2. The molecule has 1 fully saturated rings. The summed E-state index contributed by atoms with van der Waals surface area (Å²) in [4.78, 5) is 0. The average molecular weight is 142 g/mol. The first kappa shape index (κ1) is 8.02. The molecule has 0 aromatic heterocycles. The highest BCUT2D eigenvalue weighted by atomic mass is 15.0. The van der Waals surface area contributed by atoms with Crippen LogP contribution in [0.2, 0.25) is 0 Å². The third-order valence-corrected chi connectivity index (χ3v) is 2.41. The van der Waals surface area contributed by atoms with Crippen molar-refractivity contribution in [3.63, 3.8) is 0 Å². The number of hydrogen-bond donors (Lipinski definition) is 2. The van der Waals surface area contributed by atoms with Crippen molar-refractivity contribution in [2.24, 2.45) is 0 Å². The van der Waals surface area contributed by atoms with Crippen molar-refractivity contribution in [3.05, 3.63) is 0 Å². The Morgan fingerprint density at radius 1 is 1.50 bits per heavy atom. The summed E-state index contributed by atoms with van der Waals surface area (Å²) in [6.07, 6.45) is 4.08. The molecule has 10 heavy (non-hydrogen) atoms. The Morgan fingerprint density at radius 2 is 2.30 bits per heavy atom. The van der Waals surface area contributed by atoms with E-state index < -0.39 is 0 Å². The van der Waals surface area contributed by atoms with E-state index in [-0.39, 0.29) is 0 Å².